The fourth-order valence-corrected chi connectivity index (χ4v) is 2.68. The van der Waals surface area contributed by atoms with Crippen LogP contribution in [0.3, 0.4) is 0 Å². The first kappa shape index (κ1) is 13.8. The second kappa shape index (κ2) is 5.17. The van der Waals surface area contributed by atoms with E-state index in [0.29, 0.717) is 11.1 Å². The smallest absolute Gasteiger partial charge is 0.335 e. The van der Waals surface area contributed by atoms with Crippen molar-refractivity contribution in [1.29, 1.82) is 0 Å². The summed E-state index contributed by atoms with van der Waals surface area (Å²) in [6.45, 7) is 1.95. The van der Waals surface area contributed by atoms with Gasteiger partial charge in [-0.25, -0.2) is 4.79 Å². The standard InChI is InChI=1S/C14H14BrNO3/c1-8-4-5-11-9(6-8)12(13(17)16(11)2)10(7-15)14(18)19-3/h4-6H,7H2,1-3H3/b12-10+. The number of amides is 1. The van der Waals surface area contributed by atoms with Gasteiger partial charge in [-0.05, 0) is 19.1 Å². The highest BCUT2D eigenvalue weighted by Gasteiger charge is 2.34. The van der Waals surface area contributed by atoms with Crippen molar-refractivity contribution >= 4 is 39.1 Å². The number of rotatable bonds is 2. The summed E-state index contributed by atoms with van der Waals surface area (Å²) in [5, 5.41) is 0.280. The van der Waals surface area contributed by atoms with Crippen molar-refractivity contribution in [2.24, 2.45) is 0 Å². The summed E-state index contributed by atoms with van der Waals surface area (Å²) in [6.07, 6.45) is 0. The summed E-state index contributed by atoms with van der Waals surface area (Å²) in [6, 6.07) is 5.74. The molecule has 0 N–H and O–H groups in total. The number of benzene rings is 1. The molecule has 0 aromatic heterocycles. The normalized spacial score (nSPS) is 16.4. The maximum atomic E-state index is 12.3. The van der Waals surface area contributed by atoms with E-state index in [1.165, 1.54) is 7.11 Å². The van der Waals surface area contributed by atoms with E-state index in [9.17, 15) is 9.59 Å². The first-order valence-electron chi connectivity index (χ1n) is 5.77. The van der Waals surface area contributed by atoms with E-state index in [-0.39, 0.29) is 11.2 Å². The highest BCUT2D eigenvalue weighted by molar-refractivity contribution is 9.09. The summed E-state index contributed by atoms with van der Waals surface area (Å²) in [5.74, 6) is -0.663. The Labute approximate surface area is 120 Å². The molecular formula is C14H14BrNO3. The van der Waals surface area contributed by atoms with Crippen LogP contribution in [0.15, 0.2) is 23.8 Å². The number of halogens is 1. The van der Waals surface area contributed by atoms with Crippen LogP contribution in [0.1, 0.15) is 11.1 Å². The summed E-state index contributed by atoms with van der Waals surface area (Å²) >= 11 is 3.26. The maximum Gasteiger partial charge on any atom is 0.335 e. The van der Waals surface area contributed by atoms with E-state index in [0.717, 1.165) is 16.8 Å². The number of carbonyl (C=O) groups is 2. The number of nitrogens with zero attached hydrogens (tertiary/aromatic N) is 1. The van der Waals surface area contributed by atoms with Crippen LogP contribution in [0, 0.1) is 6.92 Å². The molecule has 0 aliphatic carbocycles. The minimum absolute atomic E-state index is 0.180. The van der Waals surface area contributed by atoms with Gasteiger partial charge in [0.1, 0.15) is 0 Å². The Balaban J connectivity index is 2.72. The predicted molar refractivity (Wildman–Crippen MR) is 77.3 cm³/mol. The number of esters is 1. The van der Waals surface area contributed by atoms with Gasteiger partial charge >= 0.3 is 5.97 Å². The molecule has 100 valence electrons. The fourth-order valence-electron chi connectivity index (χ4n) is 2.17. The zero-order valence-electron chi connectivity index (χ0n) is 11.0. The van der Waals surface area contributed by atoms with Gasteiger partial charge in [0.05, 0.1) is 23.9 Å². The average molecular weight is 324 g/mol. The fraction of sp³-hybridized carbons (Fsp3) is 0.286. The number of likely N-dealkylation sites (N-methyl/N-ethyl adjacent to an activating group) is 1. The van der Waals surface area contributed by atoms with E-state index >= 15 is 0 Å². The molecule has 0 radical (unpaired) electrons. The summed E-state index contributed by atoms with van der Waals surface area (Å²) < 4.78 is 4.75. The SMILES string of the molecule is COC(=O)/C(CBr)=C1/C(=O)N(C)c2ccc(C)cc21. The highest BCUT2D eigenvalue weighted by atomic mass is 79.9. The average Bonchev–Trinajstić information content (AvgIpc) is 2.64. The molecule has 5 heteroatoms. The number of anilines is 1. The maximum absolute atomic E-state index is 12.3. The molecule has 0 unspecified atom stereocenters. The molecule has 0 spiro atoms. The second-order valence-electron chi connectivity index (χ2n) is 4.36. The third kappa shape index (κ3) is 2.18. The lowest BCUT2D eigenvalue weighted by Crippen LogP contribution is -2.22. The van der Waals surface area contributed by atoms with Crippen molar-refractivity contribution < 1.29 is 14.3 Å². The van der Waals surface area contributed by atoms with Gasteiger partial charge in [0.15, 0.2) is 0 Å². The second-order valence-corrected chi connectivity index (χ2v) is 4.92. The first-order valence-corrected chi connectivity index (χ1v) is 6.90. The van der Waals surface area contributed by atoms with Crippen LogP contribution in [0.25, 0.3) is 5.57 Å². The Morgan fingerprint density at radius 1 is 1.42 bits per heavy atom. The van der Waals surface area contributed by atoms with Gasteiger partial charge in [-0.2, -0.15) is 0 Å². The van der Waals surface area contributed by atoms with Crippen molar-refractivity contribution in [2.75, 3.05) is 24.4 Å². The van der Waals surface area contributed by atoms with Crippen molar-refractivity contribution in [3.63, 3.8) is 0 Å². The molecule has 1 aliphatic rings. The van der Waals surface area contributed by atoms with Gasteiger partial charge in [-0.3, -0.25) is 4.79 Å². The van der Waals surface area contributed by atoms with Gasteiger partial charge in [0.25, 0.3) is 5.91 Å². The minimum atomic E-state index is -0.483. The zero-order chi connectivity index (χ0) is 14.2. The summed E-state index contributed by atoms with van der Waals surface area (Å²) in [7, 11) is 3.01. The predicted octanol–water partition coefficient (Wildman–Crippen LogP) is 2.29. The first-order chi connectivity index (χ1) is 9.01. The molecule has 1 heterocycles. The van der Waals surface area contributed by atoms with Gasteiger partial charge < -0.3 is 9.64 Å². The van der Waals surface area contributed by atoms with E-state index in [2.05, 4.69) is 15.9 Å². The van der Waals surface area contributed by atoms with Gasteiger partial charge in [-0.1, -0.05) is 27.6 Å². The molecule has 0 saturated carbocycles. The Morgan fingerprint density at radius 2 is 2.11 bits per heavy atom. The Bertz CT molecular complexity index is 592. The lowest BCUT2D eigenvalue weighted by Gasteiger charge is -2.09. The molecule has 19 heavy (non-hydrogen) atoms. The molecule has 1 aromatic rings. The van der Waals surface area contributed by atoms with Crippen molar-refractivity contribution in [3.05, 3.63) is 34.9 Å². The number of methoxy groups -OCH3 is 1. The van der Waals surface area contributed by atoms with Crippen LogP contribution in [0.4, 0.5) is 5.69 Å². The third-order valence-corrected chi connectivity index (χ3v) is 3.73. The lowest BCUT2D eigenvalue weighted by molar-refractivity contribution is -0.136. The zero-order valence-corrected chi connectivity index (χ0v) is 12.6. The van der Waals surface area contributed by atoms with Gasteiger partial charge in [-0.15, -0.1) is 0 Å². The molecule has 0 bridgehead atoms. The van der Waals surface area contributed by atoms with Crippen LogP contribution >= 0.6 is 15.9 Å². The van der Waals surface area contributed by atoms with E-state index in [4.69, 9.17) is 4.74 Å². The van der Waals surface area contributed by atoms with E-state index < -0.39 is 5.97 Å². The summed E-state index contributed by atoms with van der Waals surface area (Å²) in [4.78, 5) is 25.7. The minimum Gasteiger partial charge on any atom is -0.466 e. The van der Waals surface area contributed by atoms with Crippen LogP contribution < -0.4 is 4.90 Å². The molecule has 1 aromatic carbocycles. The van der Waals surface area contributed by atoms with Crippen LogP contribution in [-0.4, -0.2) is 31.4 Å². The van der Waals surface area contributed by atoms with E-state index in [1.807, 2.05) is 25.1 Å². The van der Waals surface area contributed by atoms with Crippen molar-refractivity contribution in [3.8, 4) is 0 Å². The molecular weight excluding hydrogens is 310 g/mol. The number of carbonyl (C=O) groups excluding carboxylic acids is 2. The topological polar surface area (TPSA) is 46.6 Å². The largest absolute Gasteiger partial charge is 0.466 e. The quantitative estimate of drug-likeness (QED) is 0.476. The number of hydrogen-bond acceptors (Lipinski definition) is 3. The molecule has 0 saturated heterocycles. The molecule has 1 amide bonds. The number of alkyl halides is 1. The Hall–Kier alpha value is -1.62. The van der Waals surface area contributed by atoms with Gasteiger partial charge in [0.2, 0.25) is 0 Å². The molecule has 0 atom stereocenters. The van der Waals surface area contributed by atoms with E-state index in [1.54, 1.807) is 11.9 Å². The molecule has 1 aliphatic heterocycles. The van der Waals surface area contributed by atoms with Crippen molar-refractivity contribution in [2.45, 2.75) is 6.92 Å². The van der Waals surface area contributed by atoms with Crippen LogP contribution in [0.5, 0.6) is 0 Å². The Kier molecular flexibility index (Phi) is 3.75. The summed E-state index contributed by atoms with van der Waals surface area (Å²) in [5.41, 5.74) is 3.41. The molecule has 2 rings (SSSR count). The number of fused-ring (bicyclic) bond motifs is 1. The lowest BCUT2D eigenvalue weighted by atomic mass is 10.0. The highest BCUT2D eigenvalue weighted by Crippen LogP contribution is 2.38. The number of aryl methyl sites for hydroxylation is 1. The monoisotopic (exact) mass is 323 g/mol. The number of ether oxygens (including phenoxy) is 1. The number of hydrogen-bond donors (Lipinski definition) is 0. The van der Waals surface area contributed by atoms with Gasteiger partial charge in [0, 0.05) is 17.9 Å². The Morgan fingerprint density at radius 3 is 2.68 bits per heavy atom. The van der Waals surface area contributed by atoms with Crippen molar-refractivity contribution in [1.82, 2.24) is 0 Å². The molecule has 4 nitrogen and oxygen atoms in total. The van der Waals surface area contributed by atoms with Crippen LogP contribution in [0.2, 0.25) is 0 Å². The van der Waals surface area contributed by atoms with Crippen LogP contribution in [-0.2, 0) is 14.3 Å². The molecule has 0 fully saturated rings. The third-order valence-electron chi connectivity index (χ3n) is 3.17.